The summed E-state index contributed by atoms with van der Waals surface area (Å²) in [6, 6.07) is 1.83. The molecule has 2 saturated carbocycles. The third-order valence-electron chi connectivity index (χ3n) is 9.96. The third-order valence-corrected chi connectivity index (χ3v) is 9.96. The first-order valence-electron chi connectivity index (χ1n) is 16.0. The van der Waals surface area contributed by atoms with Crippen LogP contribution in [0, 0.1) is 5.41 Å². The topological polar surface area (TPSA) is 197 Å². The van der Waals surface area contributed by atoms with Crippen molar-refractivity contribution in [2.24, 2.45) is 5.41 Å². The first-order chi connectivity index (χ1) is 21.6. The van der Waals surface area contributed by atoms with E-state index in [1.165, 1.54) is 0 Å². The summed E-state index contributed by atoms with van der Waals surface area (Å²) < 4.78 is 29.7. The van der Waals surface area contributed by atoms with Gasteiger partial charge in [-0.3, -0.25) is 9.59 Å². The van der Waals surface area contributed by atoms with E-state index in [-0.39, 0.29) is 48.9 Å². The highest BCUT2D eigenvalue weighted by Crippen LogP contribution is 2.54. The number of carbonyl (C=O) groups excluding carboxylic acids is 2. The number of hydrogen-bond donors (Lipinski definition) is 6. The molecule has 2 aromatic rings. The molecule has 0 bridgehead atoms. The second-order valence-electron chi connectivity index (χ2n) is 12.7. The molecule has 0 unspecified atom stereocenters. The molecule has 1 spiro atoms. The summed E-state index contributed by atoms with van der Waals surface area (Å²) >= 11 is 0. The molecule has 248 valence electrons. The molecule has 6 N–H and O–H groups in total. The predicted octanol–water partition coefficient (Wildman–Crippen LogP) is 1.52. The van der Waals surface area contributed by atoms with Gasteiger partial charge in [0.2, 0.25) is 17.9 Å². The molecule has 1 aromatic heterocycles. The highest BCUT2D eigenvalue weighted by molar-refractivity contribution is 5.93. The van der Waals surface area contributed by atoms with Crippen molar-refractivity contribution in [3.8, 4) is 11.5 Å². The van der Waals surface area contributed by atoms with Crippen LogP contribution in [0.3, 0.4) is 0 Å². The summed E-state index contributed by atoms with van der Waals surface area (Å²) in [5.41, 5.74) is 1.19. The summed E-state index contributed by atoms with van der Waals surface area (Å²) in [7, 11) is 0. The van der Waals surface area contributed by atoms with Crippen LogP contribution >= 0.6 is 0 Å². The van der Waals surface area contributed by atoms with Crippen molar-refractivity contribution in [3.63, 3.8) is 0 Å². The standard InChI is InChI=1S/C32H43NO12/c1-2-41-21(34)10-9-16-13-18-19(20-14-33-31(40)32(20)11-5-6-12-32)15-42-26(18)28(43-17-7-3-4-8-17)25(16)44-30-24(37)22(35)23(36)27(45-30)29(38)39/h13,15,17,20,22-24,27,29-30,35-39H,2-12,14H2,1H3,(H,33,40)/t20-,22+,23+,24-,27+,30-/m1/s1. The van der Waals surface area contributed by atoms with Gasteiger partial charge < -0.3 is 54.2 Å². The fourth-order valence-electron chi connectivity index (χ4n) is 7.58. The van der Waals surface area contributed by atoms with E-state index in [1.807, 2.05) is 6.07 Å². The number of aryl methyl sites for hydroxylation is 1. The van der Waals surface area contributed by atoms with Gasteiger partial charge in [-0.2, -0.15) is 0 Å². The number of fused-ring (bicyclic) bond motifs is 1. The van der Waals surface area contributed by atoms with Crippen LogP contribution in [-0.4, -0.2) is 93.7 Å². The van der Waals surface area contributed by atoms with Crippen LogP contribution in [0.4, 0.5) is 0 Å². The fourth-order valence-corrected chi connectivity index (χ4v) is 7.58. The normalized spacial score (nSPS) is 30.0. The molecule has 4 aliphatic rings. The summed E-state index contributed by atoms with van der Waals surface area (Å²) in [6.45, 7) is 2.39. The minimum absolute atomic E-state index is 0.00738. The molecular formula is C32H43NO12. The molecule has 1 aromatic carbocycles. The molecule has 2 aliphatic carbocycles. The number of benzene rings is 1. The second kappa shape index (κ2) is 13.0. The first kappa shape index (κ1) is 32.0. The predicted molar refractivity (Wildman–Crippen MR) is 156 cm³/mol. The molecule has 1 amide bonds. The van der Waals surface area contributed by atoms with Crippen molar-refractivity contribution in [2.75, 3.05) is 13.2 Å². The maximum Gasteiger partial charge on any atom is 0.306 e. The van der Waals surface area contributed by atoms with E-state index in [2.05, 4.69) is 5.32 Å². The van der Waals surface area contributed by atoms with Crippen molar-refractivity contribution in [3.05, 3.63) is 23.5 Å². The van der Waals surface area contributed by atoms with E-state index < -0.39 is 48.4 Å². The number of carbonyl (C=O) groups is 2. The summed E-state index contributed by atoms with van der Waals surface area (Å²) in [5.74, 6) is -0.200. The molecule has 0 radical (unpaired) electrons. The monoisotopic (exact) mass is 633 g/mol. The Morgan fingerprint density at radius 1 is 1.04 bits per heavy atom. The van der Waals surface area contributed by atoms with Gasteiger partial charge in [0.05, 0.1) is 24.4 Å². The second-order valence-corrected chi connectivity index (χ2v) is 12.7. The molecule has 2 saturated heterocycles. The van der Waals surface area contributed by atoms with Crippen LogP contribution in [0.2, 0.25) is 0 Å². The van der Waals surface area contributed by atoms with Gasteiger partial charge in [-0.05, 0) is 63.5 Å². The van der Waals surface area contributed by atoms with Gasteiger partial charge in [-0.15, -0.1) is 0 Å². The minimum atomic E-state index is -2.17. The Bertz CT molecular complexity index is 1380. The highest BCUT2D eigenvalue weighted by atomic mass is 16.7. The van der Waals surface area contributed by atoms with E-state index in [1.54, 1.807) is 13.2 Å². The average Bonchev–Trinajstić information content (AvgIpc) is 3.83. The summed E-state index contributed by atoms with van der Waals surface area (Å²) in [6.07, 6.45) is -2.25. The van der Waals surface area contributed by atoms with E-state index in [0.29, 0.717) is 23.1 Å². The molecule has 6 rings (SSSR count). The van der Waals surface area contributed by atoms with Gasteiger partial charge in [0.15, 0.2) is 17.6 Å². The van der Waals surface area contributed by atoms with Gasteiger partial charge in [0.1, 0.15) is 24.4 Å². The third kappa shape index (κ3) is 5.90. The zero-order valence-corrected chi connectivity index (χ0v) is 25.4. The summed E-state index contributed by atoms with van der Waals surface area (Å²) in [4.78, 5) is 25.6. The number of amides is 1. The van der Waals surface area contributed by atoms with Crippen LogP contribution < -0.4 is 14.8 Å². The first-order valence-corrected chi connectivity index (χ1v) is 16.0. The number of aliphatic hydroxyl groups excluding tert-OH is 4. The summed E-state index contributed by atoms with van der Waals surface area (Å²) in [5, 5.41) is 55.0. The molecule has 13 nitrogen and oxygen atoms in total. The number of hydrogen-bond acceptors (Lipinski definition) is 12. The Balaban J connectivity index is 1.47. The Hall–Kier alpha value is -2.94. The van der Waals surface area contributed by atoms with Crippen molar-refractivity contribution >= 4 is 22.8 Å². The van der Waals surface area contributed by atoms with E-state index >= 15 is 0 Å². The largest absolute Gasteiger partial charge is 0.483 e. The van der Waals surface area contributed by atoms with E-state index in [4.69, 9.17) is 23.4 Å². The number of nitrogens with one attached hydrogen (secondary N) is 1. The Morgan fingerprint density at radius 2 is 1.78 bits per heavy atom. The molecule has 13 heteroatoms. The van der Waals surface area contributed by atoms with Crippen LogP contribution in [0.15, 0.2) is 16.7 Å². The number of rotatable bonds is 10. The van der Waals surface area contributed by atoms with Crippen molar-refractivity contribution in [1.29, 1.82) is 0 Å². The number of ether oxygens (including phenoxy) is 4. The van der Waals surface area contributed by atoms with Crippen LogP contribution in [-0.2, 0) is 25.5 Å². The maximum absolute atomic E-state index is 13.1. The maximum atomic E-state index is 13.1. The van der Waals surface area contributed by atoms with Gasteiger partial charge in [-0.1, -0.05) is 12.8 Å². The molecule has 3 heterocycles. The molecule has 45 heavy (non-hydrogen) atoms. The quantitative estimate of drug-likeness (QED) is 0.163. The fraction of sp³-hybridized carbons (Fsp3) is 0.688. The molecular weight excluding hydrogens is 590 g/mol. The minimum Gasteiger partial charge on any atom is -0.483 e. The van der Waals surface area contributed by atoms with Gasteiger partial charge in [0.25, 0.3) is 0 Å². The van der Waals surface area contributed by atoms with Gasteiger partial charge in [0, 0.05) is 29.8 Å². The van der Waals surface area contributed by atoms with Crippen LogP contribution in [0.25, 0.3) is 11.0 Å². The van der Waals surface area contributed by atoms with Crippen LogP contribution in [0.5, 0.6) is 11.5 Å². The lowest BCUT2D eigenvalue weighted by molar-refractivity contribution is -0.310. The molecule has 2 aliphatic heterocycles. The Labute approximate surface area is 260 Å². The molecule has 6 atom stereocenters. The smallest absolute Gasteiger partial charge is 0.306 e. The van der Waals surface area contributed by atoms with Gasteiger partial charge >= 0.3 is 5.97 Å². The lowest BCUT2D eigenvalue weighted by atomic mass is 9.72. The van der Waals surface area contributed by atoms with E-state index in [0.717, 1.165) is 56.9 Å². The Kier molecular flexibility index (Phi) is 9.28. The molecule has 4 fully saturated rings. The Morgan fingerprint density at radius 3 is 2.47 bits per heavy atom. The van der Waals surface area contributed by atoms with Crippen molar-refractivity contribution < 1.29 is 58.5 Å². The van der Waals surface area contributed by atoms with Crippen molar-refractivity contribution in [1.82, 2.24) is 5.32 Å². The van der Waals surface area contributed by atoms with E-state index in [9.17, 15) is 35.1 Å². The zero-order valence-electron chi connectivity index (χ0n) is 25.4. The lowest BCUT2D eigenvalue weighted by Gasteiger charge is -2.41. The average molecular weight is 634 g/mol. The van der Waals surface area contributed by atoms with Gasteiger partial charge in [-0.25, -0.2) is 0 Å². The highest BCUT2D eigenvalue weighted by Gasteiger charge is 2.53. The number of aliphatic hydroxyl groups is 5. The zero-order chi connectivity index (χ0) is 31.9. The SMILES string of the molecule is CCOC(=O)CCc1cc2c([C@H]3CNC(=O)C34CCCC4)coc2c(OC2CCCC2)c1O[C@@H]1O[C@H](C(O)O)[C@@H](O)[C@H](O)[C@H]1O. The van der Waals surface area contributed by atoms with Crippen molar-refractivity contribution in [2.45, 2.75) is 120 Å². The number of esters is 1. The number of furan rings is 1. The van der Waals surface area contributed by atoms with Crippen LogP contribution in [0.1, 0.15) is 81.8 Å². The lowest BCUT2D eigenvalue weighted by Crippen LogP contribution is -2.62.